The van der Waals surface area contributed by atoms with Crippen molar-refractivity contribution in [2.75, 3.05) is 0 Å². The highest BCUT2D eigenvalue weighted by molar-refractivity contribution is 6.62. The molecule has 7 nitrogen and oxygen atoms in total. The Kier molecular flexibility index (Phi) is 4.08. The van der Waals surface area contributed by atoms with Gasteiger partial charge in [-0.05, 0) is 48.5 Å². The van der Waals surface area contributed by atoms with Gasteiger partial charge in [0, 0.05) is 11.7 Å². The van der Waals surface area contributed by atoms with Crippen LogP contribution in [0, 0.1) is 11.3 Å². The van der Waals surface area contributed by atoms with Crippen molar-refractivity contribution in [1.82, 2.24) is 9.78 Å². The Morgan fingerprint density at radius 2 is 1.83 bits per heavy atom. The second-order valence-electron chi connectivity index (χ2n) is 7.56. The van der Waals surface area contributed by atoms with E-state index in [1.807, 2.05) is 33.8 Å². The fourth-order valence-electron chi connectivity index (χ4n) is 2.02. The number of hydrogen-bond acceptors (Lipinski definition) is 6. The summed E-state index contributed by atoms with van der Waals surface area (Å²) in [6, 6.07) is 1.97. The monoisotopic (exact) mass is 319 g/mol. The molecular formula is C15H22BN3O4. The van der Waals surface area contributed by atoms with Gasteiger partial charge in [-0.3, -0.25) is 0 Å². The summed E-state index contributed by atoms with van der Waals surface area (Å²) < 4.78 is 18.1. The Hall–Kier alpha value is -1.85. The van der Waals surface area contributed by atoms with Crippen LogP contribution in [0.3, 0.4) is 0 Å². The highest BCUT2D eigenvalue weighted by atomic mass is 16.7. The van der Waals surface area contributed by atoms with Gasteiger partial charge in [-0.25, -0.2) is 4.79 Å². The third-order valence-electron chi connectivity index (χ3n) is 3.94. The number of carbonyl (C=O) groups is 1. The normalized spacial score (nSPS) is 19.5. The first-order chi connectivity index (χ1) is 10.4. The first-order valence-corrected chi connectivity index (χ1v) is 7.45. The van der Waals surface area contributed by atoms with Gasteiger partial charge in [-0.2, -0.15) is 15.0 Å². The minimum atomic E-state index is -0.758. The van der Waals surface area contributed by atoms with E-state index in [0.29, 0.717) is 5.46 Å². The third-order valence-corrected chi connectivity index (χ3v) is 3.94. The summed E-state index contributed by atoms with van der Waals surface area (Å²) >= 11 is 0. The summed E-state index contributed by atoms with van der Waals surface area (Å²) in [6.07, 6.45) is 0.770. The highest BCUT2D eigenvalue weighted by Crippen LogP contribution is 2.36. The van der Waals surface area contributed by atoms with Crippen LogP contribution < -0.4 is 5.46 Å². The molecule has 0 radical (unpaired) electrons. The average Bonchev–Trinajstić information content (AvgIpc) is 2.86. The predicted octanol–water partition coefficient (Wildman–Crippen LogP) is 1.84. The molecule has 0 saturated carbocycles. The average molecular weight is 319 g/mol. The molecule has 0 amide bonds. The molecule has 0 aliphatic carbocycles. The maximum absolute atomic E-state index is 12.1. The molecule has 1 aliphatic heterocycles. The Labute approximate surface area is 136 Å². The molecule has 1 aromatic rings. The van der Waals surface area contributed by atoms with Crippen LogP contribution in [-0.2, 0) is 14.0 Å². The van der Waals surface area contributed by atoms with E-state index in [9.17, 15) is 10.1 Å². The summed E-state index contributed by atoms with van der Waals surface area (Å²) in [5.74, 6) is 0. The van der Waals surface area contributed by atoms with Crippen LogP contribution in [-0.4, -0.2) is 39.8 Å². The number of nitrogens with zero attached hydrogens (tertiary/aromatic N) is 3. The maximum atomic E-state index is 12.1. The molecule has 0 spiro atoms. The number of carbonyl (C=O) groups excluding carboxylic acids is 1. The number of hydrogen-bond donors (Lipinski definition) is 0. The molecule has 23 heavy (non-hydrogen) atoms. The highest BCUT2D eigenvalue weighted by Gasteiger charge is 2.53. The molecule has 1 aliphatic rings. The van der Waals surface area contributed by atoms with Gasteiger partial charge in [0.1, 0.15) is 11.7 Å². The molecule has 0 unspecified atom stereocenters. The largest absolute Gasteiger partial charge is 0.499 e. The van der Waals surface area contributed by atoms with E-state index in [0.717, 1.165) is 4.68 Å². The van der Waals surface area contributed by atoms with Gasteiger partial charge in [0.25, 0.3) is 0 Å². The molecule has 0 aromatic carbocycles. The lowest BCUT2D eigenvalue weighted by Crippen LogP contribution is -2.41. The van der Waals surface area contributed by atoms with Gasteiger partial charge in [0.2, 0.25) is 0 Å². The van der Waals surface area contributed by atoms with Crippen LogP contribution in [0.25, 0.3) is 0 Å². The lowest BCUT2D eigenvalue weighted by molar-refractivity contribution is 0.00578. The van der Waals surface area contributed by atoms with Crippen molar-refractivity contribution < 1.29 is 18.8 Å². The summed E-state index contributed by atoms with van der Waals surface area (Å²) in [5, 5.41) is 13.3. The van der Waals surface area contributed by atoms with Crippen molar-refractivity contribution in [2.24, 2.45) is 0 Å². The van der Waals surface area contributed by atoms with Crippen LogP contribution in [0.15, 0.2) is 6.20 Å². The van der Waals surface area contributed by atoms with E-state index in [2.05, 4.69) is 5.10 Å². The van der Waals surface area contributed by atoms with Crippen LogP contribution >= 0.6 is 0 Å². The summed E-state index contributed by atoms with van der Waals surface area (Å²) in [6.45, 7) is 12.9. The van der Waals surface area contributed by atoms with E-state index in [1.165, 1.54) is 6.20 Å². The Morgan fingerprint density at radius 3 is 2.26 bits per heavy atom. The van der Waals surface area contributed by atoms with E-state index in [1.54, 1.807) is 20.8 Å². The molecule has 2 heterocycles. The van der Waals surface area contributed by atoms with E-state index in [-0.39, 0.29) is 5.69 Å². The predicted molar refractivity (Wildman–Crippen MR) is 84.3 cm³/mol. The Morgan fingerprint density at radius 1 is 1.30 bits per heavy atom. The number of rotatable bonds is 1. The van der Waals surface area contributed by atoms with Gasteiger partial charge in [-0.15, -0.1) is 0 Å². The summed E-state index contributed by atoms with van der Waals surface area (Å²) in [5.41, 5.74) is -1.25. The molecule has 0 N–H and O–H groups in total. The number of aromatic nitrogens is 2. The first kappa shape index (κ1) is 17.5. The number of ether oxygens (including phenoxy) is 1. The molecular weight excluding hydrogens is 297 g/mol. The van der Waals surface area contributed by atoms with Crippen LogP contribution in [0.5, 0.6) is 0 Å². The van der Waals surface area contributed by atoms with Crippen molar-refractivity contribution >= 4 is 18.7 Å². The maximum Gasteiger partial charge on any atom is 0.499 e. The Balaban J connectivity index is 2.32. The SMILES string of the molecule is CC(C)(C)OC(=O)n1cc(B2OC(C)(C)C(C)(C)O2)c(C#N)n1. The molecule has 2 rings (SSSR count). The molecule has 0 bridgehead atoms. The van der Waals surface area contributed by atoms with Gasteiger partial charge in [-0.1, -0.05) is 0 Å². The van der Waals surface area contributed by atoms with Crippen molar-refractivity contribution in [3.8, 4) is 6.07 Å². The quantitative estimate of drug-likeness (QED) is 0.734. The fraction of sp³-hybridized carbons (Fsp3) is 0.667. The second kappa shape index (κ2) is 5.36. The lowest BCUT2D eigenvalue weighted by atomic mass is 9.79. The fourth-order valence-corrected chi connectivity index (χ4v) is 2.02. The van der Waals surface area contributed by atoms with E-state index < -0.39 is 30.0 Å². The van der Waals surface area contributed by atoms with E-state index in [4.69, 9.17) is 14.0 Å². The van der Waals surface area contributed by atoms with Crippen molar-refractivity contribution in [1.29, 1.82) is 5.26 Å². The summed E-state index contributed by atoms with van der Waals surface area (Å²) in [7, 11) is -0.758. The van der Waals surface area contributed by atoms with Gasteiger partial charge >= 0.3 is 13.2 Å². The standard InChI is InChI=1S/C15H22BN3O4/c1-13(2,3)21-12(20)19-9-10(11(8-17)18-19)16-22-14(4,5)15(6,7)23-16/h9H,1-7H3. The second-order valence-corrected chi connectivity index (χ2v) is 7.56. The summed E-state index contributed by atoms with van der Waals surface area (Å²) in [4.78, 5) is 12.1. The molecule has 1 aromatic heterocycles. The minimum Gasteiger partial charge on any atom is -0.442 e. The van der Waals surface area contributed by atoms with Crippen molar-refractivity contribution in [3.05, 3.63) is 11.9 Å². The molecule has 1 fully saturated rings. The van der Waals surface area contributed by atoms with Crippen LogP contribution in [0.1, 0.15) is 54.2 Å². The zero-order valence-electron chi connectivity index (χ0n) is 14.6. The van der Waals surface area contributed by atoms with Crippen molar-refractivity contribution in [2.45, 2.75) is 65.3 Å². The third kappa shape index (κ3) is 3.41. The Bertz CT molecular complexity index is 651. The topological polar surface area (TPSA) is 86.4 Å². The molecule has 1 saturated heterocycles. The van der Waals surface area contributed by atoms with Gasteiger partial charge < -0.3 is 14.0 Å². The van der Waals surface area contributed by atoms with Gasteiger partial charge in [0.15, 0.2) is 5.69 Å². The molecule has 0 atom stereocenters. The smallest absolute Gasteiger partial charge is 0.442 e. The molecule has 8 heteroatoms. The van der Waals surface area contributed by atoms with Crippen LogP contribution in [0.4, 0.5) is 4.79 Å². The zero-order valence-corrected chi connectivity index (χ0v) is 14.6. The molecule has 124 valence electrons. The first-order valence-electron chi connectivity index (χ1n) is 7.45. The number of nitriles is 1. The minimum absolute atomic E-state index is 0.0781. The van der Waals surface area contributed by atoms with Crippen molar-refractivity contribution in [3.63, 3.8) is 0 Å². The van der Waals surface area contributed by atoms with E-state index >= 15 is 0 Å². The zero-order chi connectivity index (χ0) is 17.6. The van der Waals surface area contributed by atoms with Crippen LogP contribution in [0.2, 0.25) is 0 Å². The lowest BCUT2D eigenvalue weighted by Gasteiger charge is -2.32. The van der Waals surface area contributed by atoms with Gasteiger partial charge in [0.05, 0.1) is 11.2 Å².